The van der Waals surface area contributed by atoms with E-state index in [-0.39, 0.29) is 17.1 Å². The van der Waals surface area contributed by atoms with Crippen molar-refractivity contribution in [1.29, 1.82) is 0 Å². The Labute approximate surface area is 170 Å². The molecule has 0 bridgehead atoms. The zero-order chi connectivity index (χ0) is 20.1. The van der Waals surface area contributed by atoms with Crippen molar-refractivity contribution in [2.45, 2.75) is 33.6 Å². The van der Waals surface area contributed by atoms with Crippen LogP contribution in [0.1, 0.15) is 52.5 Å². The Morgan fingerprint density at radius 2 is 1.86 bits per heavy atom. The number of halogens is 1. The van der Waals surface area contributed by atoms with Gasteiger partial charge in [-0.05, 0) is 30.5 Å². The first-order valence-electron chi connectivity index (χ1n) is 9.70. The maximum atomic E-state index is 13.1. The number of carbonyl (C=O) groups excluding carboxylic acids is 2. The van der Waals surface area contributed by atoms with Crippen LogP contribution in [0.5, 0.6) is 0 Å². The second-order valence-electron chi connectivity index (χ2n) is 8.55. The van der Waals surface area contributed by atoms with E-state index < -0.39 is 0 Å². The molecule has 1 fully saturated rings. The highest BCUT2D eigenvalue weighted by molar-refractivity contribution is 6.30. The van der Waals surface area contributed by atoms with Crippen LogP contribution in [0.4, 0.5) is 5.69 Å². The van der Waals surface area contributed by atoms with Gasteiger partial charge in [0.15, 0.2) is 11.5 Å². The molecule has 2 heterocycles. The van der Waals surface area contributed by atoms with Crippen LogP contribution in [0.15, 0.2) is 28.7 Å². The highest BCUT2D eigenvalue weighted by Gasteiger charge is 2.38. The topological polar surface area (TPSA) is 53.8 Å². The van der Waals surface area contributed by atoms with Gasteiger partial charge in [0.2, 0.25) is 0 Å². The van der Waals surface area contributed by atoms with Crippen LogP contribution < -0.4 is 4.90 Å². The van der Waals surface area contributed by atoms with Crippen LogP contribution in [-0.4, -0.2) is 42.8 Å². The first-order chi connectivity index (χ1) is 13.2. The minimum atomic E-state index is -0.128. The number of benzene rings is 1. The van der Waals surface area contributed by atoms with E-state index in [0.29, 0.717) is 53.6 Å². The lowest BCUT2D eigenvalue weighted by Crippen LogP contribution is -2.48. The van der Waals surface area contributed by atoms with E-state index in [9.17, 15) is 9.59 Å². The van der Waals surface area contributed by atoms with E-state index in [2.05, 4.69) is 18.7 Å². The molecular weight excluding hydrogens is 376 g/mol. The van der Waals surface area contributed by atoms with Gasteiger partial charge in [-0.15, -0.1) is 0 Å². The first kappa shape index (κ1) is 19.1. The molecule has 2 aromatic rings. The largest absolute Gasteiger partial charge is 0.455 e. The smallest absolute Gasteiger partial charge is 0.289 e. The molecule has 0 atom stereocenters. The van der Waals surface area contributed by atoms with Crippen molar-refractivity contribution < 1.29 is 14.0 Å². The molecule has 0 saturated carbocycles. The minimum absolute atomic E-state index is 0.0809. The van der Waals surface area contributed by atoms with E-state index in [1.807, 2.05) is 36.1 Å². The Morgan fingerprint density at radius 3 is 2.54 bits per heavy atom. The van der Waals surface area contributed by atoms with Crippen molar-refractivity contribution >= 4 is 29.0 Å². The van der Waals surface area contributed by atoms with E-state index in [0.717, 1.165) is 18.8 Å². The molecule has 6 heteroatoms. The zero-order valence-electron chi connectivity index (χ0n) is 16.5. The fourth-order valence-electron chi connectivity index (χ4n) is 4.27. The van der Waals surface area contributed by atoms with Gasteiger partial charge in [0.1, 0.15) is 5.76 Å². The molecule has 4 rings (SSSR count). The molecule has 2 aliphatic rings. The fourth-order valence-corrected chi connectivity index (χ4v) is 4.46. The Bertz CT molecular complexity index is 939. The van der Waals surface area contributed by atoms with Crippen molar-refractivity contribution in [3.8, 4) is 0 Å². The van der Waals surface area contributed by atoms with E-state index >= 15 is 0 Å². The number of piperazine rings is 1. The van der Waals surface area contributed by atoms with Gasteiger partial charge in [0.25, 0.3) is 5.91 Å². The summed E-state index contributed by atoms with van der Waals surface area (Å²) in [6, 6.07) is 7.76. The summed E-state index contributed by atoms with van der Waals surface area (Å²) in [4.78, 5) is 29.7. The minimum Gasteiger partial charge on any atom is -0.455 e. The van der Waals surface area contributed by atoms with Crippen molar-refractivity contribution in [3.63, 3.8) is 0 Å². The van der Waals surface area contributed by atoms with Gasteiger partial charge in [-0.2, -0.15) is 0 Å². The third kappa shape index (κ3) is 3.44. The molecule has 0 spiro atoms. The molecule has 0 unspecified atom stereocenters. The van der Waals surface area contributed by atoms with Crippen LogP contribution in [0.25, 0.3) is 0 Å². The Kier molecular flexibility index (Phi) is 4.74. The molecule has 0 N–H and O–H groups in total. The molecule has 1 aliphatic carbocycles. The molecule has 5 nitrogen and oxygen atoms in total. The van der Waals surface area contributed by atoms with E-state index in [1.54, 1.807) is 0 Å². The summed E-state index contributed by atoms with van der Waals surface area (Å²) in [5.41, 5.74) is 2.26. The summed E-state index contributed by atoms with van der Waals surface area (Å²) < 4.78 is 5.94. The number of ketones is 1. The lowest BCUT2D eigenvalue weighted by atomic mass is 9.76. The molecule has 1 aromatic heterocycles. The molecule has 1 aromatic carbocycles. The number of amides is 1. The standard InChI is InChI=1S/C22H25ClN2O3/c1-14-19-17(26)12-22(2,3)13-18(19)28-20(14)21(27)25-9-7-24(8-10-25)16-6-4-5-15(23)11-16/h4-6,11H,7-10,12-13H2,1-3H3. The maximum absolute atomic E-state index is 13.1. The maximum Gasteiger partial charge on any atom is 0.289 e. The van der Waals surface area contributed by atoms with Crippen molar-refractivity contribution in [2.75, 3.05) is 31.1 Å². The summed E-state index contributed by atoms with van der Waals surface area (Å²) in [7, 11) is 0. The van der Waals surface area contributed by atoms with Crippen LogP contribution in [-0.2, 0) is 6.42 Å². The Balaban J connectivity index is 1.50. The lowest BCUT2D eigenvalue weighted by Gasteiger charge is -2.35. The zero-order valence-corrected chi connectivity index (χ0v) is 17.3. The Morgan fingerprint density at radius 1 is 1.14 bits per heavy atom. The van der Waals surface area contributed by atoms with Gasteiger partial charge >= 0.3 is 0 Å². The quantitative estimate of drug-likeness (QED) is 0.751. The van der Waals surface area contributed by atoms with Gasteiger partial charge in [0.05, 0.1) is 5.56 Å². The molecule has 1 aliphatic heterocycles. The van der Waals surface area contributed by atoms with Crippen LogP contribution in [0.3, 0.4) is 0 Å². The SMILES string of the molecule is Cc1c(C(=O)N2CCN(c3cccc(Cl)c3)CC2)oc2c1C(=O)CC(C)(C)C2. The average Bonchev–Trinajstić information content (AvgIpc) is 2.96. The van der Waals surface area contributed by atoms with Gasteiger partial charge in [-0.25, -0.2) is 0 Å². The summed E-state index contributed by atoms with van der Waals surface area (Å²) in [6.07, 6.45) is 1.18. The summed E-state index contributed by atoms with van der Waals surface area (Å²) >= 11 is 6.09. The number of rotatable bonds is 2. The van der Waals surface area contributed by atoms with Crippen molar-refractivity contribution in [2.24, 2.45) is 5.41 Å². The monoisotopic (exact) mass is 400 g/mol. The highest BCUT2D eigenvalue weighted by atomic mass is 35.5. The number of hydrogen-bond acceptors (Lipinski definition) is 4. The number of carbonyl (C=O) groups is 2. The van der Waals surface area contributed by atoms with Crippen molar-refractivity contribution in [3.05, 3.63) is 51.9 Å². The van der Waals surface area contributed by atoms with Crippen molar-refractivity contribution in [1.82, 2.24) is 4.90 Å². The third-order valence-corrected chi connectivity index (χ3v) is 5.95. The fraction of sp³-hybridized carbons (Fsp3) is 0.455. The predicted molar refractivity (Wildman–Crippen MR) is 109 cm³/mol. The second kappa shape index (κ2) is 6.96. The molecule has 28 heavy (non-hydrogen) atoms. The van der Waals surface area contributed by atoms with Crippen LogP contribution in [0, 0.1) is 12.3 Å². The molecule has 0 radical (unpaired) electrons. The summed E-state index contributed by atoms with van der Waals surface area (Å²) in [5.74, 6) is 0.951. The Hall–Kier alpha value is -2.27. The van der Waals surface area contributed by atoms with Gasteiger partial charge < -0.3 is 14.2 Å². The van der Waals surface area contributed by atoms with Gasteiger partial charge in [-0.3, -0.25) is 9.59 Å². The predicted octanol–water partition coefficient (Wildman–Crippen LogP) is 4.36. The van der Waals surface area contributed by atoms with Crippen LogP contribution in [0.2, 0.25) is 5.02 Å². The molecule has 1 amide bonds. The normalized spacial score (nSPS) is 18.9. The van der Waals surface area contributed by atoms with Gasteiger partial charge in [0, 0.05) is 55.3 Å². The lowest BCUT2D eigenvalue weighted by molar-refractivity contribution is 0.0708. The molecule has 148 valence electrons. The molecular formula is C22H25ClN2O3. The third-order valence-electron chi connectivity index (χ3n) is 5.71. The van der Waals surface area contributed by atoms with E-state index in [4.69, 9.17) is 16.0 Å². The van der Waals surface area contributed by atoms with E-state index in [1.165, 1.54) is 0 Å². The number of furan rings is 1. The second-order valence-corrected chi connectivity index (χ2v) is 8.99. The number of nitrogens with zero attached hydrogens (tertiary/aromatic N) is 2. The number of Topliss-reactive ketones (excluding diaryl/α,β-unsaturated/α-hetero) is 1. The summed E-state index contributed by atoms with van der Waals surface area (Å²) in [5, 5.41) is 0.709. The number of hydrogen-bond donors (Lipinski definition) is 0. The average molecular weight is 401 g/mol. The van der Waals surface area contributed by atoms with Crippen LogP contribution >= 0.6 is 11.6 Å². The number of fused-ring (bicyclic) bond motifs is 1. The number of anilines is 1. The van der Waals surface area contributed by atoms with Gasteiger partial charge in [-0.1, -0.05) is 31.5 Å². The summed E-state index contributed by atoms with van der Waals surface area (Å²) in [6.45, 7) is 8.62. The first-order valence-corrected chi connectivity index (χ1v) is 10.1. The highest BCUT2D eigenvalue weighted by Crippen LogP contribution is 2.38. The molecule has 1 saturated heterocycles.